The fourth-order valence-corrected chi connectivity index (χ4v) is 1.29. The summed E-state index contributed by atoms with van der Waals surface area (Å²) in [6.07, 6.45) is 0. The summed E-state index contributed by atoms with van der Waals surface area (Å²) < 4.78 is 5.01. The smallest absolute Gasteiger partial charge is 0.545 e. The molecule has 0 saturated carbocycles. The monoisotopic (exact) mass is 309 g/mol. The zero-order chi connectivity index (χ0) is 13.4. The van der Waals surface area contributed by atoms with E-state index >= 15 is 0 Å². The van der Waals surface area contributed by atoms with Crippen LogP contribution in [0.4, 0.5) is 0 Å². The van der Waals surface area contributed by atoms with Gasteiger partial charge in [-0.3, -0.25) is 0 Å². The number of rotatable bonds is 2. The molecular weight excluding hydrogens is 294 g/mol. The van der Waals surface area contributed by atoms with Crippen molar-refractivity contribution in [3.63, 3.8) is 0 Å². The number of benzene rings is 1. The largest absolute Gasteiger partial charge is 2.00 e. The van der Waals surface area contributed by atoms with Crippen LogP contribution in [-0.4, -0.2) is 81.5 Å². The average Bonchev–Trinajstić information content (AvgIpc) is 2.41. The van der Waals surface area contributed by atoms with Crippen molar-refractivity contribution in [1.29, 1.82) is 0 Å². The Kier molecular flexibility index (Phi) is 13.0. The van der Waals surface area contributed by atoms with Crippen LogP contribution in [0.15, 0.2) is 24.3 Å². The van der Waals surface area contributed by atoms with E-state index in [2.05, 4.69) is 5.32 Å². The van der Waals surface area contributed by atoms with Gasteiger partial charge in [0.15, 0.2) is 0 Å². The number of morpholine rings is 1. The fourth-order valence-electron chi connectivity index (χ4n) is 1.29. The van der Waals surface area contributed by atoms with Crippen LogP contribution in [0, 0.1) is 0 Å². The first kappa shape index (κ1) is 21.6. The first-order valence-corrected chi connectivity index (χ1v) is 5.42. The molecule has 0 radical (unpaired) electrons. The minimum Gasteiger partial charge on any atom is -0.545 e. The van der Waals surface area contributed by atoms with E-state index in [1.807, 2.05) is 0 Å². The van der Waals surface area contributed by atoms with E-state index < -0.39 is 11.9 Å². The van der Waals surface area contributed by atoms with Crippen molar-refractivity contribution in [2.75, 3.05) is 26.3 Å². The van der Waals surface area contributed by atoms with Crippen LogP contribution >= 0.6 is 0 Å². The number of nitrogens with one attached hydrogen (secondary N) is 1. The molecule has 0 unspecified atom stereocenters. The maximum Gasteiger partial charge on any atom is 2.00 e. The Morgan fingerprint density at radius 3 is 1.75 bits per heavy atom. The molecule has 20 heavy (non-hydrogen) atoms. The van der Waals surface area contributed by atoms with Gasteiger partial charge in [-0.2, -0.15) is 0 Å². The fraction of sp³-hybridized carbons (Fsp3) is 0.333. The Morgan fingerprint density at radius 2 is 1.50 bits per heavy atom. The first-order valence-electron chi connectivity index (χ1n) is 5.42. The summed E-state index contributed by atoms with van der Waals surface area (Å²) >= 11 is 0. The van der Waals surface area contributed by atoms with Crippen LogP contribution in [0.25, 0.3) is 0 Å². The van der Waals surface area contributed by atoms with Gasteiger partial charge in [0.2, 0.25) is 0 Å². The molecule has 1 heterocycles. The van der Waals surface area contributed by atoms with Gasteiger partial charge in [-0.25, -0.2) is 0 Å². The molecule has 1 aliphatic heterocycles. The molecule has 7 nitrogen and oxygen atoms in total. The number of aromatic carboxylic acids is 2. The Hall–Kier alpha value is -0.700. The zero-order valence-corrected chi connectivity index (χ0v) is 13.1. The van der Waals surface area contributed by atoms with Crippen LogP contribution in [0.5, 0.6) is 0 Å². The van der Waals surface area contributed by atoms with Crippen molar-refractivity contribution >= 4 is 49.7 Å². The molecular formula is C12H15CaNO6. The average molecular weight is 309 g/mol. The molecule has 1 saturated heterocycles. The molecule has 3 N–H and O–H groups in total. The van der Waals surface area contributed by atoms with Crippen molar-refractivity contribution in [3.05, 3.63) is 35.4 Å². The summed E-state index contributed by atoms with van der Waals surface area (Å²) in [6.45, 7) is 3.83. The minimum atomic E-state index is -1.40. The second kappa shape index (κ2) is 12.1. The predicted octanol–water partition coefficient (Wildman–Crippen LogP) is -3.19. The first-order chi connectivity index (χ1) is 8.61. The second-order valence-corrected chi connectivity index (χ2v) is 3.52. The molecule has 0 aromatic heterocycles. The van der Waals surface area contributed by atoms with Crippen molar-refractivity contribution in [1.82, 2.24) is 5.32 Å². The van der Waals surface area contributed by atoms with Gasteiger partial charge in [-0.15, -0.1) is 0 Å². The summed E-state index contributed by atoms with van der Waals surface area (Å²) in [5.74, 6) is -2.81. The Labute approximate surface area is 146 Å². The van der Waals surface area contributed by atoms with Gasteiger partial charge in [0, 0.05) is 13.1 Å². The van der Waals surface area contributed by atoms with Crippen molar-refractivity contribution in [2.45, 2.75) is 0 Å². The molecule has 0 atom stereocenters. The van der Waals surface area contributed by atoms with Gasteiger partial charge in [-0.05, 0) is 17.2 Å². The number of hydrogen-bond acceptors (Lipinski definition) is 6. The van der Waals surface area contributed by atoms with Crippen LogP contribution < -0.4 is 15.5 Å². The normalized spacial score (nSPS) is 12.8. The molecule has 1 aromatic rings. The van der Waals surface area contributed by atoms with E-state index in [0.717, 1.165) is 32.4 Å². The Bertz CT molecular complexity index is 381. The van der Waals surface area contributed by atoms with E-state index in [1.165, 1.54) is 18.2 Å². The summed E-state index contributed by atoms with van der Waals surface area (Å²) in [7, 11) is 0. The third kappa shape index (κ3) is 8.47. The van der Waals surface area contributed by atoms with Crippen LogP contribution in [0.2, 0.25) is 0 Å². The number of carboxylic acids is 2. The predicted molar refractivity (Wildman–Crippen MR) is 68.2 cm³/mol. The van der Waals surface area contributed by atoms with Crippen molar-refractivity contribution < 1.29 is 30.0 Å². The van der Waals surface area contributed by atoms with E-state index in [1.54, 1.807) is 0 Å². The number of ether oxygens (including phenoxy) is 1. The van der Waals surface area contributed by atoms with Gasteiger partial charge < -0.3 is 35.3 Å². The number of carbonyl (C=O) groups is 2. The Morgan fingerprint density at radius 1 is 1.05 bits per heavy atom. The summed E-state index contributed by atoms with van der Waals surface area (Å²) in [6, 6.07) is 4.81. The molecule has 106 valence electrons. The van der Waals surface area contributed by atoms with Gasteiger partial charge in [0.05, 0.1) is 25.2 Å². The van der Waals surface area contributed by atoms with E-state index in [0.29, 0.717) is 0 Å². The molecule has 1 aromatic carbocycles. The number of hydrogen-bond donors (Lipinski definition) is 1. The zero-order valence-electron chi connectivity index (χ0n) is 10.9. The summed E-state index contributed by atoms with van der Waals surface area (Å²) in [5, 5.41) is 23.7. The van der Waals surface area contributed by atoms with Crippen LogP contribution in [-0.2, 0) is 4.74 Å². The van der Waals surface area contributed by atoms with E-state index in [-0.39, 0.29) is 54.3 Å². The SMILES string of the molecule is C1COCCN1.O.O=C([O-])c1cccc(C(=O)[O-])c1.[Ca+2]. The third-order valence-corrected chi connectivity index (χ3v) is 2.18. The minimum absolute atomic E-state index is 0. The van der Waals surface area contributed by atoms with E-state index in [4.69, 9.17) is 4.74 Å². The number of carbonyl (C=O) groups excluding carboxylic acids is 2. The molecule has 0 spiro atoms. The second-order valence-electron chi connectivity index (χ2n) is 3.52. The van der Waals surface area contributed by atoms with E-state index in [9.17, 15) is 19.8 Å². The van der Waals surface area contributed by atoms with Crippen LogP contribution in [0.1, 0.15) is 20.7 Å². The Balaban J connectivity index is 0. The van der Waals surface area contributed by atoms with Crippen molar-refractivity contribution in [2.24, 2.45) is 0 Å². The topological polar surface area (TPSA) is 133 Å². The summed E-state index contributed by atoms with van der Waals surface area (Å²) in [4.78, 5) is 20.5. The number of carboxylic acid groups (broad SMARTS) is 2. The molecule has 0 amide bonds. The maximum atomic E-state index is 10.3. The molecule has 0 aliphatic carbocycles. The quantitative estimate of drug-likeness (QED) is 0.572. The molecule has 2 rings (SSSR count). The standard InChI is InChI=1S/C8H6O4.C4H9NO.Ca.H2O/c9-7(10)5-2-1-3-6(4-5)8(11)12;1-3-6-4-2-5-1;;/h1-4H,(H,9,10)(H,11,12);5H,1-4H2;;1H2/q;;+2;/p-2. The molecule has 1 aliphatic rings. The molecule has 1 fully saturated rings. The molecule has 0 bridgehead atoms. The molecule has 8 heteroatoms. The van der Waals surface area contributed by atoms with Gasteiger partial charge in [0.1, 0.15) is 0 Å². The van der Waals surface area contributed by atoms with Gasteiger partial charge in [-0.1, -0.05) is 18.2 Å². The van der Waals surface area contributed by atoms with Gasteiger partial charge in [0.25, 0.3) is 0 Å². The van der Waals surface area contributed by atoms with Crippen molar-refractivity contribution in [3.8, 4) is 0 Å². The maximum absolute atomic E-state index is 10.3. The third-order valence-electron chi connectivity index (χ3n) is 2.18. The summed E-state index contributed by atoms with van der Waals surface area (Å²) in [5.41, 5.74) is -0.339. The van der Waals surface area contributed by atoms with Gasteiger partial charge >= 0.3 is 37.7 Å². The van der Waals surface area contributed by atoms with Crippen LogP contribution in [0.3, 0.4) is 0 Å².